The first-order valence-electron chi connectivity index (χ1n) is 14.2. The minimum Gasteiger partial charge on any atom is -0.491 e. The number of aromatic nitrogens is 3. The van der Waals surface area contributed by atoms with Crippen LogP contribution >= 0.6 is 0 Å². The molecule has 1 aliphatic heterocycles. The first-order chi connectivity index (χ1) is 21.0. The Morgan fingerprint density at radius 3 is 2.58 bits per heavy atom. The number of benzene rings is 3. The van der Waals surface area contributed by atoms with E-state index >= 15 is 0 Å². The summed E-state index contributed by atoms with van der Waals surface area (Å²) >= 11 is 0. The number of carbonyl (C=O) groups excluding carboxylic acids is 1. The zero-order chi connectivity index (χ0) is 29.8. The molecule has 3 aromatic carbocycles. The van der Waals surface area contributed by atoms with Crippen molar-refractivity contribution in [1.29, 1.82) is 0 Å². The van der Waals surface area contributed by atoms with Gasteiger partial charge in [0.15, 0.2) is 0 Å². The molecule has 3 heterocycles. The second-order valence-corrected chi connectivity index (χ2v) is 10.4. The van der Waals surface area contributed by atoms with E-state index in [1.54, 1.807) is 6.07 Å². The van der Waals surface area contributed by atoms with Gasteiger partial charge in [-0.1, -0.05) is 49.0 Å². The first-order valence-corrected chi connectivity index (χ1v) is 14.2. The molecule has 5 aromatic rings. The number of carbonyl (C=O) groups is 1. The summed E-state index contributed by atoms with van der Waals surface area (Å²) in [5.41, 5.74) is 4.48. The number of hydrogen-bond acceptors (Lipinski definition) is 5. The monoisotopic (exact) mass is 586 g/mol. The van der Waals surface area contributed by atoms with Gasteiger partial charge in [0.05, 0.1) is 29.4 Å². The van der Waals surface area contributed by atoms with Crippen LogP contribution in [0.5, 0.6) is 5.75 Å². The maximum atomic E-state index is 13.3. The van der Waals surface area contributed by atoms with Crippen molar-refractivity contribution in [2.45, 2.75) is 31.5 Å². The highest BCUT2D eigenvalue weighted by atomic mass is 19.3. The van der Waals surface area contributed by atoms with Crippen LogP contribution in [0.15, 0.2) is 79.4 Å². The lowest BCUT2D eigenvalue weighted by Gasteiger charge is -2.28. The number of halogens is 2. The van der Waals surface area contributed by atoms with Crippen molar-refractivity contribution in [3.8, 4) is 17.1 Å². The third-order valence-electron chi connectivity index (χ3n) is 7.56. The van der Waals surface area contributed by atoms with Gasteiger partial charge in [0.1, 0.15) is 24.2 Å². The number of nitrogens with zero attached hydrogens (tertiary/aromatic N) is 1. The minimum atomic E-state index is -2.57. The lowest BCUT2D eigenvalue weighted by Crippen LogP contribution is -2.26. The number of nitrogens with one attached hydrogen (secondary N) is 3. The van der Waals surface area contributed by atoms with Crippen molar-refractivity contribution >= 4 is 27.7 Å². The van der Waals surface area contributed by atoms with E-state index in [9.17, 15) is 13.6 Å². The van der Waals surface area contributed by atoms with Gasteiger partial charge in [0.25, 0.3) is 6.43 Å². The second-order valence-electron chi connectivity index (χ2n) is 10.4. The lowest BCUT2D eigenvalue weighted by atomic mass is 9.99. The fourth-order valence-corrected chi connectivity index (χ4v) is 5.39. The molecule has 0 bridgehead atoms. The molecule has 6 rings (SSSR count). The third kappa shape index (κ3) is 6.30. The van der Waals surface area contributed by atoms with Gasteiger partial charge >= 0.3 is 0 Å². The summed E-state index contributed by atoms with van der Waals surface area (Å²) in [6.07, 6.45) is -0.0511. The molecule has 1 aliphatic rings. The number of ether oxygens (including phenoxy) is 3. The van der Waals surface area contributed by atoms with E-state index in [2.05, 4.69) is 27.1 Å². The molecule has 1 unspecified atom stereocenters. The number of aromatic amines is 2. The fraction of sp³-hybridized carbons (Fsp3) is 0.273. The predicted molar refractivity (Wildman–Crippen MR) is 160 cm³/mol. The van der Waals surface area contributed by atoms with Crippen LogP contribution in [0.2, 0.25) is 0 Å². The molecule has 1 saturated heterocycles. The highest BCUT2D eigenvalue weighted by Crippen LogP contribution is 2.39. The second kappa shape index (κ2) is 12.8. The van der Waals surface area contributed by atoms with Crippen molar-refractivity contribution in [3.63, 3.8) is 0 Å². The van der Waals surface area contributed by atoms with Crippen molar-refractivity contribution < 1.29 is 27.8 Å². The quantitative estimate of drug-likeness (QED) is 0.119. The van der Waals surface area contributed by atoms with Gasteiger partial charge in [0, 0.05) is 29.5 Å². The Labute approximate surface area is 247 Å². The molecule has 1 fully saturated rings. The van der Waals surface area contributed by atoms with Gasteiger partial charge in [0.2, 0.25) is 5.91 Å². The molecule has 1 atom stereocenters. The number of fused-ring (bicyclic) bond motifs is 2. The molecule has 222 valence electrons. The number of hydrogen-bond donors (Lipinski definition) is 3. The van der Waals surface area contributed by atoms with Gasteiger partial charge in [-0.3, -0.25) is 9.89 Å². The number of alkyl halides is 2. The van der Waals surface area contributed by atoms with Gasteiger partial charge in [-0.2, -0.15) is 5.10 Å². The van der Waals surface area contributed by atoms with Crippen LogP contribution in [0.4, 0.5) is 8.78 Å². The smallest absolute Gasteiger partial charge is 0.263 e. The van der Waals surface area contributed by atoms with Gasteiger partial charge in [-0.05, 0) is 54.3 Å². The number of amides is 1. The van der Waals surface area contributed by atoms with E-state index in [0.717, 1.165) is 40.3 Å². The summed E-state index contributed by atoms with van der Waals surface area (Å²) in [7, 11) is 0. The summed E-state index contributed by atoms with van der Waals surface area (Å²) in [6.45, 7) is 5.33. The number of rotatable bonds is 11. The van der Waals surface area contributed by atoms with Gasteiger partial charge < -0.3 is 24.5 Å². The first kappa shape index (κ1) is 28.6. The average Bonchev–Trinajstić information content (AvgIpc) is 3.66. The predicted octanol–water partition coefficient (Wildman–Crippen LogP) is 6.61. The molecular formula is C33H32F2N4O4. The largest absolute Gasteiger partial charge is 0.491 e. The van der Waals surface area contributed by atoms with Crippen LogP contribution in [0.1, 0.15) is 42.1 Å². The Hall–Kier alpha value is -4.54. The minimum absolute atomic E-state index is 0.0425. The summed E-state index contributed by atoms with van der Waals surface area (Å²) in [6, 6.07) is 20.5. The maximum absolute atomic E-state index is 13.3. The molecule has 10 heteroatoms. The summed E-state index contributed by atoms with van der Waals surface area (Å²) in [5, 5.41) is 11.6. The molecule has 3 N–H and O–H groups in total. The van der Waals surface area contributed by atoms with Crippen LogP contribution in [0, 0.1) is 0 Å². The molecule has 0 aliphatic carbocycles. The Morgan fingerprint density at radius 2 is 1.81 bits per heavy atom. The highest BCUT2D eigenvalue weighted by molar-refractivity contribution is 5.97. The zero-order valence-corrected chi connectivity index (χ0v) is 23.4. The third-order valence-corrected chi connectivity index (χ3v) is 7.56. The molecule has 0 saturated carbocycles. The van der Waals surface area contributed by atoms with Crippen LogP contribution in [0.25, 0.3) is 33.2 Å². The SMILES string of the molecule is C=CC(=O)NCCOc1cc(C(OC2CCOCC2)c2ccccc2)cc2[nH]c(-c3n[nH]c4cc(C(F)F)ccc34)cc12. The Kier molecular flexibility index (Phi) is 8.48. The van der Waals surface area contributed by atoms with Crippen molar-refractivity contribution in [1.82, 2.24) is 20.5 Å². The van der Waals surface area contributed by atoms with Crippen molar-refractivity contribution in [3.05, 3.63) is 96.1 Å². The van der Waals surface area contributed by atoms with Crippen molar-refractivity contribution in [2.24, 2.45) is 0 Å². The fourth-order valence-electron chi connectivity index (χ4n) is 5.39. The zero-order valence-electron chi connectivity index (χ0n) is 23.4. The topological polar surface area (TPSA) is 101 Å². The molecule has 43 heavy (non-hydrogen) atoms. The summed E-state index contributed by atoms with van der Waals surface area (Å²) in [5.74, 6) is 0.333. The van der Waals surface area contributed by atoms with E-state index < -0.39 is 6.43 Å². The van der Waals surface area contributed by atoms with Crippen LogP contribution in [-0.2, 0) is 14.3 Å². The number of H-pyrrole nitrogens is 2. The molecule has 2 aromatic heterocycles. The van der Waals surface area contributed by atoms with Gasteiger partial charge in [-0.25, -0.2) is 8.78 Å². The molecule has 1 amide bonds. The Bertz CT molecular complexity index is 1730. The molecule has 0 spiro atoms. The average molecular weight is 587 g/mol. The van der Waals surface area contributed by atoms with Crippen LogP contribution in [-0.4, -0.2) is 53.6 Å². The normalized spacial score (nSPS) is 14.8. The molecular weight excluding hydrogens is 554 g/mol. The Balaban J connectivity index is 1.41. The highest BCUT2D eigenvalue weighted by Gasteiger charge is 2.25. The van der Waals surface area contributed by atoms with Crippen LogP contribution in [0.3, 0.4) is 0 Å². The maximum Gasteiger partial charge on any atom is 0.263 e. The summed E-state index contributed by atoms with van der Waals surface area (Å²) in [4.78, 5) is 15.1. The van der Waals surface area contributed by atoms with E-state index in [1.807, 2.05) is 48.5 Å². The molecule has 8 nitrogen and oxygen atoms in total. The van der Waals surface area contributed by atoms with Crippen LogP contribution < -0.4 is 10.1 Å². The summed E-state index contributed by atoms with van der Waals surface area (Å²) < 4.78 is 45.0. The molecule has 0 radical (unpaired) electrons. The van der Waals surface area contributed by atoms with E-state index in [0.29, 0.717) is 42.4 Å². The standard InChI is InChI=1S/C33H32F2N4O4/c1-2-30(40)36-12-15-42-29-18-22(32(20-6-4-3-5-7-20)43-23-10-13-41-14-11-23)17-26-25(29)19-28(37-26)31-24-9-8-21(33(34)35)16-27(24)38-39-31/h2-9,16-19,23,32-33,37H,1,10-15H2,(H,36,40)(H,38,39). The Morgan fingerprint density at radius 1 is 1.02 bits per heavy atom. The lowest BCUT2D eigenvalue weighted by molar-refractivity contribution is -0.116. The van der Waals surface area contributed by atoms with Gasteiger partial charge in [-0.15, -0.1) is 0 Å². The van der Waals surface area contributed by atoms with Crippen molar-refractivity contribution in [2.75, 3.05) is 26.4 Å². The van der Waals surface area contributed by atoms with E-state index in [4.69, 9.17) is 14.2 Å². The van der Waals surface area contributed by atoms with E-state index in [-0.39, 0.29) is 30.3 Å². The van der Waals surface area contributed by atoms with E-state index in [1.165, 1.54) is 18.2 Å².